The molecular formula is C8H10O3. The highest BCUT2D eigenvalue weighted by molar-refractivity contribution is 5.95. The first-order chi connectivity index (χ1) is 5.20. The second kappa shape index (κ2) is 3.32. The molecule has 0 N–H and O–H groups in total. The molecule has 1 aliphatic rings. The van der Waals surface area contributed by atoms with Crippen LogP contribution in [0.5, 0.6) is 0 Å². The van der Waals surface area contributed by atoms with Crippen molar-refractivity contribution in [2.75, 3.05) is 0 Å². The Morgan fingerprint density at radius 3 is 3.00 bits per heavy atom. The van der Waals surface area contributed by atoms with Gasteiger partial charge in [0, 0.05) is 6.92 Å². The van der Waals surface area contributed by atoms with E-state index in [1.54, 1.807) is 6.08 Å². The zero-order valence-electron chi connectivity index (χ0n) is 6.37. The van der Waals surface area contributed by atoms with Crippen molar-refractivity contribution in [3.05, 3.63) is 12.2 Å². The van der Waals surface area contributed by atoms with Crippen LogP contribution in [0.3, 0.4) is 0 Å². The number of hydrogen-bond donors (Lipinski definition) is 0. The molecule has 1 atom stereocenters. The predicted molar refractivity (Wildman–Crippen MR) is 38.9 cm³/mol. The quantitative estimate of drug-likeness (QED) is 0.525. The molecule has 0 amide bonds. The maximum atomic E-state index is 11.0. The van der Waals surface area contributed by atoms with E-state index in [1.807, 2.05) is 0 Å². The molecular weight excluding hydrogens is 144 g/mol. The molecule has 11 heavy (non-hydrogen) atoms. The summed E-state index contributed by atoms with van der Waals surface area (Å²) in [6.45, 7) is 1.31. The van der Waals surface area contributed by atoms with Crippen molar-refractivity contribution in [2.24, 2.45) is 0 Å². The number of carbonyl (C=O) groups is 2. The summed E-state index contributed by atoms with van der Waals surface area (Å²) in [4.78, 5) is 21.4. The van der Waals surface area contributed by atoms with Crippen LogP contribution in [0, 0.1) is 0 Å². The Kier molecular flexibility index (Phi) is 2.41. The molecule has 0 aliphatic heterocycles. The maximum absolute atomic E-state index is 11.0. The van der Waals surface area contributed by atoms with Crippen LogP contribution in [-0.2, 0) is 14.3 Å². The number of esters is 1. The van der Waals surface area contributed by atoms with E-state index in [0.29, 0.717) is 6.42 Å². The van der Waals surface area contributed by atoms with Crippen molar-refractivity contribution in [1.82, 2.24) is 0 Å². The first kappa shape index (κ1) is 7.98. The van der Waals surface area contributed by atoms with Gasteiger partial charge >= 0.3 is 5.97 Å². The van der Waals surface area contributed by atoms with Gasteiger partial charge in [-0.25, -0.2) is 0 Å². The molecule has 3 nitrogen and oxygen atoms in total. The van der Waals surface area contributed by atoms with Gasteiger partial charge in [-0.1, -0.05) is 6.08 Å². The van der Waals surface area contributed by atoms with Crippen molar-refractivity contribution < 1.29 is 14.3 Å². The third kappa shape index (κ3) is 2.18. The maximum Gasteiger partial charge on any atom is 0.303 e. The van der Waals surface area contributed by atoms with E-state index in [9.17, 15) is 9.59 Å². The molecule has 0 fully saturated rings. The molecule has 0 heterocycles. The minimum Gasteiger partial charge on any atom is -0.454 e. The Bertz CT molecular complexity index is 205. The molecule has 0 aromatic carbocycles. The zero-order valence-corrected chi connectivity index (χ0v) is 6.37. The van der Waals surface area contributed by atoms with E-state index in [0.717, 1.165) is 6.42 Å². The standard InChI is InChI=1S/C8H10O3/c1-6(9)11-8-5-3-2-4-7(8)10/h2,4,8H,3,5H2,1H3. The predicted octanol–water partition coefficient (Wildman–Crippen LogP) is 0.837. The Morgan fingerprint density at radius 2 is 2.45 bits per heavy atom. The van der Waals surface area contributed by atoms with Crippen LogP contribution < -0.4 is 0 Å². The Balaban J connectivity index is 2.52. The average Bonchev–Trinajstić information content (AvgIpc) is 1.93. The Hall–Kier alpha value is -1.12. The lowest BCUT2D eigenvalue weighted by molar-refractivity contribution is -0.152. The van der Waals surface area contributed by atoms with Gasteiger partial charge in [0.2, 0.25) is 0 Å². The second-order valence-electron chi connectivity index (χ2n) is 2.48. The summed E-state index contributed by atoms with van der Waals surface area (Å²) in [5, 5.41) is 0. The monoisotopic (exact) mass is 154 g/mol. The van der Waals surface area contributed by atoms with Crippen LogP contribution in [-0.4, -0.2) is 17.9 Å². The van der Waals surface area contributed by atoms with E-state index >= 15 is 0 Å². The number of hydrogen-bond acceptors (Lipinski definition) is 3. The van der Waals surface area contributed by atoms with Crippen LogP contribution in [0.25, 0.3) is 0 Å². The number of rotatable bonds is 1. The third-order valence-electron chi connectivity index (χ3n) is 1.50. The first-order valence-corrected chi connectivity index (χ1v) is 3.58. The van der Waals surface area contributed by atoms with Crippen LogP contribution in [0.2, 0.25) is 0 Å². The molecule has 0 aromatic heterocycles. The van der Waals surface area contributed by atoms with Crippen LogP contribution in [0.15, 0.2) is 12.2 Å². The van der Waals surface area contributed by atoms with Crippen molar-refractivity contribution in [3.63, 3.8) is 0 Å². The number of carbonyl (C=O) groups excluding carboxylic acids is 2. The van der Waals surface area contributed by atoms with E-state index in [1.165, 1.54) is 13.0 Å². The van der Waals surface area contributed by atoms with Gasteiger partial charge in [-0.05, 0) is 18.9 Å². The smallest absolute Gasteiger partial charge is 0.303 e. The molecule has 1 aliphatic carbocycles. The summed E-state index contributed by atoms with van der Waals surface area (Å²) >= 11 is 0. The van der Waals surface area contributed by atoms with Crippen LogP contribution in [0.1, 0.15) is 19.8 Å². The largest absolute Gasteiger partial charge is 0.454 e. The van der Waals surface area contributed by atoms with E-state index in [2.05, 4.69) is 0 Å². The van der Waals surface area contributed by atoms with Gasteiger partial charge in [-0.3, -0.25) is 9.59 Å². The van der Waals surface area contributed by atoms with Gasteiger partial charge in [0.05, 0.1) is 0 Å². The van der Waals surface area contributed by atoms with Crippen molar-refractivity contribution >= 4 is 11.8 Å². The third-order valence-corrected chi connectivity index (χ3v) is 1.50. The molecule has 1 unspecified atom stereocenters. The van der Waals surface area contributed by atoms with E-state index in [4.69, 9.17) is 4.74 Å². The number of ether oxygens (including phenoxy) is 1. The normalized spacial score (nSPS) is 23.4. The Labute approximate surface area is 65.0 Å². The fourth-order valence-electron chi connectivity index (χ4n) is 1.01. The SMILES string of the molecule is CC(=O)OC1CCC=CC1=O. The fourth-order valence-corrected chi connectivity index (χ4v) is 1.01. The van der Waals surface area contributed by atoms with Gasteiger partial charge in [0.25, 0.3) is 0 Å². The molecule has 60 valence electrons. The summed E-state index contributed by atoms with van der Waals surface area (Å²) in [5.74, 6) is -0.495. The van der Waals surface area contributed by atoms with Crippen LogP contribution in [0.4, 0.5) is 0 Å². The highest BCUT2D eigenvalue weighted by Gasteiger charge is 2.20. The summed E-state index contributed by atoms with van der Waals surface area (Å²) in [6, 6.07) is 0. The van der Waals surface area contributed by atoms with Crippen molar-refractivity contribution in [1.29, 1.82) is 0 Å². The molecule has 0 saturated heterocycles. The van der Waals surface area contributed by atoms with Gasteiger partial charge in [-0.2, -0.15) is 0 Å². The summed E-state index contributed by atoms with van der Waals surface area (Å²) in [7, 11) is 0. The minimum absolute atomic E-state index is 0.105. The molecule has 0 bridgehead atoms. The molecule has 1 rings (SSSR count). The highest BCUT2D eigenvalue weighted by atomic mass is 16.5. The lowest BCUT2D eigenvalue weighted by Gasteiger charge is -2.15. The minimum atomic E-state index is -0.530. The van der Waals surface area contributed by atoms with Crippen molar-refractivity contribution in [2.45, 2.75) is 25.9 Å². The van der Waals surface area contributed by atoms with Gasteiger partial charge in [0.15, 0.2) is 11.9 Å². The number of ketones is 1. The van der Waals surface area contributed by atoms with Gasteiger partial charge in [0.1, 0.15) is 0 Å². The van der Waals surface area contributed by atoms with Crippen LogP contribution >= 0.6 is 0 Å². The fraction of sp³-hybridized carbons (Fsp3) is 0.500. The topological polar surface area (TPSA) is 43.4 Å². The van der Waals surface area contributed by atoms with E-state index < -0.39 is 12.1 Å². The summed E-state index contributed by atoms with van der Waals surface area (Å²) in [5.41, 5.74) is 0. The zero-order chi connectivity index (χ0) is 8.27. The summed E-state index contributed by atoms with van der Waals surface area (Å²) < 4.78 is 4.76. The second-order valence-corrected chi connectivity index (χ2v) is 2.48. The van der Waals surface area contributed by atoms with Gasteiger partial charge < -0.3 is 4.74 Å². The lowest BCUT2D eigenvalue weighted by Crippen LogP contribution is -2.26. The Morgan fingerprint density at radius 1 is 1.73 bits per heavy atom. The van der Waals surface area contributed by atoms with E-state index in [-0.39, 0.29) is 5.78 Å². The molecule has 0 aromatic rings. The molecule has 0 spiro atoms. The number of allylic oxidation sites excluding steroid dienone is 1. The molecule has 0 radical (unpaired) electrons. The summed E-state index contributed by atoms with van der Waals surface area (Å²) in [6.07, 6.45) is 4.16. The highest BCUT2D eigenvalue weighted by Crippen LogP contribution is 2.11. The van der Waals surface area contributed by atoms with Crippen molar-refractivity contribution in [3.8, 4) is 0 Å². The average molecular weight is 154 g/mol. The lowest BCUT2D eigenvalue weighted by atomic mass is 10.0. The first-order valence-electron chi connectivity index (χ1n) is 3.58. The molecule has 3 heteroatoms. The van der Waals surface area contributed by atoms with Gasteiger partial charge in [-0.15, -0.1) is 0 Å². The molecule has 0 saturated carbocycles.